The van der Waals surface area contributed by atoms with Crippen LogP contribution in [0.15, 0.2) is 24.5 Å². The van der Waals surface area contributed by atoms with Gasteiger partial charge >= 0.3 is 0 Å². The van der Waals surface area contributed by atoms with Gasteiger partial charge in [0, 0.05) is 12.4 Å². The molecule has 1 aromatic heterocycles. The molecular weight excluding hydrogens is 158 g/mol. The molecular formula is C12H19N. The van der Waals surface area contributed by atoms with Crippen LogP contribution in [0.25, 0.3) is 0 Å². The fraction of sp³-hybridized carbons (Fsp3) is 0.583. The lowest BCUT2D eigenvalue weighted by atomic mass is 9.87. The predicted molar refractivity (Wildman–Crippen MR) is 56.7 cm³/mol. The fourth-order valence-electron chi connectivity index (χ4n) is 1.70. The quantitative estimate of drug-likeness (QED) is 0.684. The van der Waals surface area contributed by atoms with E-state index in [4.69, 9.17) is 0 Å². The molecule has 2 atom stereocenters. The third-order valence-electron chi connectivity index (χ3n) is 2.83. The first kappa shape index (κ1) is 10.2. The number of aromatic nitrogens is 1. The smallest absolute Gasteiger partial charge is 0.0270 e. The van der Waals surface area contributed by atoms with Crippen LogP contribution < -0.4 is 0 Å². The molecule has 0 saturated carbocycles. The number of rotatable bonds is 4. The number of hydrogen-bond acceptors (Lipinski definition) is 1. The molecule has 0 saturated heterocycles. The summed E-state index contributed by atoms with van der Waals surface area (Å²) < 4.78 is 0. The summed E-state index contributed by atoms with van der Waals surface area (Å²) in [4.78, 5) is 4.03. The second-order valence-corrected chi connectivity index (χ2v) is 3.84. The predicted octanol–water partition coefficient (Wildman–Crippen LogP) is 3.62. The van der Waals surface area contributed by atoms with Gasteiger partial charge in [-0.2, -0.15) is 0 Å². The van der Waals surface area contributed by atoms with Gasteiger partial charge in [0.2, 0.25) is 0 Å². The molecule has 0 aliphatic heterocycles. The summed E-state index contributed by atoms with van der Waals surface area (Å²) in [5.41, 5.74) is 1.41. The molecule has 0 aromatic carbocycles. The molecule has 0 aliphatic rings. The Kier molecular flexibility index (Phi) is 3.94. The molecule has 1 heteroatoms. The molecule has 1 rings (SSSR count). The lowest BCUT2D eigenvalue weighted by Crippen LogP contribution is -2.05. The Balaban J connectivity index is 2.62. The van der Waals surface area contributed by atoms with Gasteiger partial charge in [0.1, 0.15) is 0 Å². The average Bonchev–Trinajstić information content (AvgIpc) is 2.18. The monoisotopic (exact) mass is 177 g/mol. The standard InChI is InChI=1S/C12H19N/c1-4-5-10(2)11(3)12-6-8-13-9-7-12/h6-11H,4-5H2,1-3H3/t10?,11-/m0/s1. The molecule has 1 unspecified atom stereocenters. The van der Waals surface area contributed by atoms with Crippen molar-refractivity contribution < 1.29 is 0 Å². The van der Waals surface area contributed by atoms with Crippen LogP contribution in [0, 0.1) is 5.92 Å². The molecule has 0 aliphatic carbocycles. The van der Waals surface area contributed by atoms with E-state index in [1.807, 2.05) is 12.4 Å². The third kappa shape index (κ3) is 2.83. The topological polar surface area (TPSA) is 12.9 Å². The Hall–Kier alpha value is -0.850. The fourth-order valence-corrected chi connectivity index (χ4v) is 1.70. The summed E-state index contributed by atoms with van der Waals surface area (Å²) in [5, 5.41) is 0. The van der Waals surface area contributed by atoms with Gasteiger partial charge in [-0.3, -0.25) is 4.98 Å². The summed E-state index contributed by atoms with van der Waals surface area (Å²) in [7, 11) is 0. The van der Waals surface area contributed by atoms with Crippen molar-refractivity contribution in [2.24, 2.45) is 5.92 Å². The van der Waals surface area contributed by atoms with E-state index in [-0.39, 0.29) is 0 Å². The van der Waals surface area contributed by atoms with Crippen LogP contribution in [-0.4, -0.2) is 4.98 Å². The molecule has 0 bridgehead atoms. The maximum Gasteiger partial charge on any atom is 0.0270 e. The average molecular weight is 177 g/mol. The van der Waals surface area contributed by atoms with Gasteiger partial charge in [-0.05, 0) is 29.5 Å². The molecule has 1 aromatic rings. The Morgan fingerprint density at radius 3 is 2.38 bits per heavy atom. The van der Waals surface area contributed by atoms with Gasteiger partial charge in [-0.25, -0.2) is 0 Å². The van der Waals surface area contributed by atoms with Gasteiger partial charge in [0.25, 0.3) is 0 Å². The molecule has 0 N–H and O–H groups in total. The van der Waals surface area contributed by atoms with Crippen molar-refractivity contribution in [1.82, 2.24) is 4.98 Å². The van der Waals surface area contributed by atoms with Crippen LogP contribution in [0.1, 0.15) is 45.1 Å². The van der Waals surface area contributed by atoms with Gasteiger partial charge in [0.15, 0.2) is 0 Å². The normalized spacial score (nSPS) is 15.3. The summed E-state index contributed by atoms with van der Waals surface area (Å²) in [6, 6.07) is 4.24. The van der Waals surface area contributed by atoms with E-state index in [9.17, 15) is 0 Å². The summed E-state index contributed by atoms with van der Waals surface area (Å²) in [6.45, 7) is 6.88. The van der Waals surface area contributed by atoms with Crippen molar-refractivity contribution >= 4 is 0 Å². The Morgan fingerprint density at radius 2 is 1.85 bits per heavy atom. The van der Waals surface area contributed by atoms with Crippen LogP contribution >= 0.6 is 0 Å². The Bertz CT molecular complexity index is 230. The van der Waals surface area contributed by atoms with Crippen molar-refractivity contribution in [1.29, 1.82) is 0 Å². The molecule has 0 radical (unpaired) electrons. The van der Waals surface area contributed by atoms with Crippen LogP contribution in [0.4, 0.5) is 0 Å². The molecule has 0 amide bonds. The number of hydrogen-bond donors (Lipinski definition) is 0. The van der Waals surface area contributed by atoms with E-state index in [0.29, 0.717) is 5.92 Å². The highest BCUT2D eigenvalue weighted by molar-refractivity contribution is 5.15. The van der Waals surface area contributed by atoms with Crippen molar-refractivity contribution in [2.75, 3.05) is 0 Å². The van der Waals surface area contributed by atoms with Crippen molar-refractivity contribution in [3.8, 4) is 0 Å². The van der Waals surface area contributed by atoms with Gasteiger partial charge < -0.3 is 0 Å². The first-order valence-corrected chi connectivity index (χ1v) is 5.15. The van der Waals surface area contributed by atoms with Crippen molar-refractivity contribution in [3.63, 3.8) is 0 Å². The highest BCUT2D eigenvalue weighted by atomic mass is 14.6. The second kappa shape index (κ2) is 5.00. The minimum atomic E-state index is 0.656. The largest absolute Gasteiger partial charge is 0.265 e. The molecule has 0 fully saturated rings. The molecule has 1 heterocycles. The molecule has 0 spiro atoms. The first-order valence-electron chi connectivity index (χ1n) is 5.15. The van der Waals surface area contributed by atoms with E-state index in [0.717, 1.165) is 5.92 Å². The zero-order valence-electron chi connectivity index (χ0n) is 8.83. The highest BCUT2D eigenvalue weighted by Gasteiger charge is 2.12. The zero-order valence-corrected chi connectivity index (χ0v) is 8.83. The van der Waals surface area contributed by atoms with Crippen LogP contribution in [0.2, 0.25) is 0 Å². The van der Waals surface area contributed by atoms with Crippen LogP contribution in [-0.2, 0) is 0 Å². The van der Waals surface area contributed by atoms with Crippen LogP contribution in [0.5, 0.6) is 0 Å². The maximum absolute atomic E-state index is 4.03. The number of pyridine rings is 1. The van der Waals surface area contributed by atoms with Gasteiger partial charge in [-0.15, -0.1) is 0 Å². The Morgan fingerprint density at radius 1 is 1.23 bits per heavy atom. The minimum absolute atomic E-state index is 0.656. The summed E-state index contributed by atoms with van der Waals surface area (Å²) in [6.07, 6.45) is 6.34. The van der Waals surface area contributed by atoms with Crippen molar-refractivity contribution in [2.45, 2.75) is 39.5 Å². The lowest BCUT2D eigenvalue weighted by Gasteiger charge is -2.19. The maximum atomic E-state index is 4.03. The van der Waals surface area contributed by atoms with Gasteiger partial charge in [-0.1, -0.05) is 33.6 Å². The van der Waals surface area contributed by atoms with Gasteiger partial charge in [0.05, 0.1) is 0 Å². The highest BCUT2D eigenvalue weighted by Crippen LogP contribution is 2.26. The molecule has 13 heavy (non-hydrogen) atoms. The summed E-state index contributed by atoms with van der Waals surface area (Å²) >= 11 is 0. The first-order chi connectivity index (χ1) is 6.25. The minimum Gasteiger partial charge on any atom is -0.265 e. The van der Waals surface area contributed by atoms with E-state index in [1.54, 1.807) is 0 Å². The SMILES string of the molecule is CCCC(C)[C@H](C)c1ccncc1. The number of nitrogens with zero attached hydrogens (tertiary/aromatic N) is 1. The van der Waals surface area contributed by atoms with E-state index >= 15 is 0 Å². The van der Waals surface area contributed by atoms with E-state index in [2.05, 4.69) is 37.9 Å². The van der Waals surface area contributed by atoms with E-state index in [1.165, 1.54) is 18.4 Å². The van der Waals surface area contributed by atoms with Crippen molar-refractivity contribution in [3.05, 3.63) is 30.1 Å². The lowest BCUT2D eigenvalue weighted by molar-refractivity contribution is 0.448. The third-order valence-corrected chi connectivity index (χ3v) is 2.83. The second-order valence-electron chi connectivity index (χ2n) is 3.84. The molecule has 1 nitrogen and oxygen atoms in total. The van der Waals surface area contributed by atoms with Crippen LogP contribution in [0.3, 0.4) is 0 Å². The Labute approximate surface area is 81.2 Å². The zero-order chi connectivity index (χ0) is 9.68. The molecule has 72 valence electrons. The summed E-state index contributed by atoms with van der Waals surface area (Å²) in [5.74, 6) is 1.43. The van der Waals surface area contributed by atoms with E-state index < -0.39 is 0 Å².